The Bertz CT molecular complexity index is 439. The Hall–Kier alpha value is -1.39. The van der Waals surface area contributed by atoms with Crippen molar-refractivity contribution in [2.45, 2.75) is 19.5 Å². The molecule has 1 N–H and O–H groups in total. The molecule has 0 radical (unpaired) electrons. The summed E-state index contributed by atoms with van der Waals surface area (Å²) in [6.45, 7) is 2.98. The first-order chi connectivity index (χ1) is 8.29. The SMILES string of the molecule is COc1ccc(CNC(C)c2cccs2)cn1. The average molecular weight is 248 g/mol. The van der Waals surface area contributed by atoms with E-state index in [0.29, 0.717) is 11.9 Å². The number of hydrogen-bond donors (Lipinski definition) is 1. The molecule has 1 unspecified atom stereocenters. The van der Waals surface area contributed by atoms with E-state index in [9.17, 15) is 0 Å². The summed E-state index contributed by atoms with van der Waals surface area (Å²) in [5.41, 5.74) is 1.16. The first-order valence-electron chi connectivity index (χ1n) is 5.55. The van der Waals surface area contributed by atoms with Crippen molar-refractivity contribution in [2.75, 3.05) is 7.11 Å². The second kappa shape index (κ2) is 5.80. The lowest BCUT2D eigenvalue weighted by atomic mass is 10.2. The number of aromatic nitrogens is 1. The predicted molar refractivity (Wildman–Crippen MR) is 70.4 cm³/mol. The molecule has 0 spiro atoms. The van der Waals surface area contributed by atoms with Crippen LogP contribution in [0.4, 0.5) is 0 Å². The van der Waals surface area contributed by atoms with E-state index < -0.39 is 0 Å². The second-order valence-electron chi connectivity index (χ2n) is 3.83. The second-order valence-corrected chi connectivity index (χ2v) is 4.81. The van der Waals surface area contributed by atoms with E-state index in [1.165, 1.54) is 4.88 Å². The molecule has 0 aliphatic rings. The van der Waals surface area contributed by atoms with Crippen molar-refractivity contribution < 1.29 is 4.74 Å². The van der Waals surface area contributed by atoms with Gasteiger partial charge in [0.2, 0.25) is 5.88 Å². The smallest absolute Gasteiger partial charge is 0.212 e. The van der Waals surface area contributed by atoms with Gasteiger partial charge in [0.15, 0.2) is 0 Å². The Balaban J connectivity index is 1.89. The van der Waals surface area contributed by atoms with Gasteiger partial charge in [-0.3, -0.25) is 0 Å². The third-order valence-corrected chi connectivity index (χ3v) is 3.64. The molecule has 0 aliphatic carbocycles. The molecule has 90 valence electrons. The molecule has 2 heterocycles. The first kappa shape index (κ1) is 12.1. The van der Waals surface area contributed by atoms with Crippen LogP contribution in [0.2, 0.25) is 0 Å². The van der Waals surface area contributed by atoms with Crippen LogP contribution >= 0.6 is 11.3 Å². The molecule has 0 fully saturated rings. The minimum absolute atomic E-state index is 0.372. The van der Waals surface area contributed by atoms with Gasteiger partial charge in [0.25, 0.3) is 0 Å². The van der Waals surface area contributed by atoms with Gasteiger partial charge in [-0.25, -0.2) is 4.98 Å². The quantitative estimate of drug-likeness (QED) is 0.883. The Kier molecular flexibility index (Phi) is 4.12. The lowest BCUT2D eigenvalue weighted by molar-refractivity contribution is 0.397. The average Bonchev–Trinajstić information content (AvgIpc) is 2.90. The van der Waals surface area contributed by atoms with E-state index in [4.69, 9.17) is 4.74 Å². The maximum atomic E-state index is 5.02. The molecular weight excluding hydrogens is 232 g/mol. The summed E-state index contributed by atoms with van der Waals surface area (Å²) in [5, 5.41) is 5.57. The molecule has 0 bridgehead atoms. The van der Waals surface area contributed by atoms with Crippen LogP contribution in [0, 0.1) is 0 Å². The van der Waals surface area contributed by atoms with E-state index in [-0.39, 0.29) is 0 Å². The maximum Gasteiger partial charge on any atom is 0.212 e. The predicted octanol–water partition coefficient (Wildman–Crippen LogP) is 3.00. The zero-order valence-electron chi connectivity index (χ0n) is 10.0. The molecule has 0 aliphatic heterocycles. The summed E-state index contributed by atoms with van der Waals surface area (Å²) in [6.07, 6.45) is 1.84. The molecule has 0 aromatic carbocycles. The molecule has 4 heteroatoms. The summed E-state index contributed by atoms with van der Waals surface area (Å²) in [7, 11) is 1.62. The molecule has 2 rings (SSSR count). The third kappa shape index (κ3) is 3.28. The van der Waals surface area contributed by atoms with Gasteiger partial charge in [0.1, 0.15) is 0 Å². The Labute approximate surface area is 105 Å². The number of hydrogen-bond acceptors (Lipinski definition) is 4. The minimum atomic E-state index is 0.372. The van der Waals surface area contributed by atoms with Crippen molar-refractivity contribution in [3.05, 3.63) is 46.3 Å². The highest BCUT2D eigenvalue weighted by atomic mass is 32.1. The van der Waals surface area contributed by atoms with E-state index in [1.807, 2.05) is 18.3 Å². The number of nitrogens with zero attached hydrogens (tertiary/aromatic N) is 1. The number of nitrogens with one attached hydrogen (secondary N) is 1. The van der Waals surface area contributed by atoms with Crippen molar-refractivity contribution in [2.24, 2.45) is 0 Å². The lowest BCUT2D eigenvalue weighted by Gasteiger charge is -2.11. The summed E-state index contributed by atoms with van der Waals surface area (Å²) < 4.78 is 5.02. The molecule has 0 saturated heterocycles. The number of pyridine rings is 1. The fourth-order valence-corrected chi connectivity index (χ4v) is 2.30. The minimum Gasteiger partial charge on any atom is -0.481 e. The lowest BCUT2D eigenvalue weighted by Crippen LogP contribution is -2.17. The Morgan fingerprint density at radius 3 is 2.88 bits per heavy atom. The van der Waals surface area contributed by atoms with Gasteiger partial charge in [0, 0.05) is 29.7 Å². The molecular formula is C13H16N2OS. The van der Waals surface area contributed by atoms with E-state index in [2.05, 4.69) is 34.7 Å². The van der Waals surface area contributed by atoms with E-state index in [0.717, 1.165) is 12.1 Å². The fourth-order valence-electron chi connectivity index (χ4n) is 1.55. The monoisotopic (exact) mass is 248 g/mol. The highest BCUT2D eigenvalue weighted by Crippen LogP contribution is 2.18. The third-order valence-electron chi connectivity index (χ3n) is 2.59. The van der Waals surface area contributed by atoms with Crippen LogP contribution in [0.1, 0.15) is 23.4 Å². The van der Waals surface area contributed by atoms with Gasteiger partial charge < -0.3 is 10.1 Å². The van der Waals surface area contributed by atoms with Crippen molar-refractivity contribution in [3.8, 4) is 5.88 Å². The van der Waals surface area contributed by atoms with Crippen LogP contribution in [0.15, 0.2) is 35.8 Å². The van der Waals surface area contributed by atoms with Crippen LogP contribution < -0.4 is 10.1 Å². The Morgan fingerprint density at radius 1 is 1.41 bits per heavy atom. The van der Waals surface area contributed by atoms with Crippen molar-refractivity contribution in [1.82, 2.24) is 10.3 Å². The van der Waals surface area contributed by atoms with Crippen molar-refractivity contribution >= 4 is 11.3 Å². The normalized spacial score (nSPS) is 12.4. The molecule has 0 saturated carbocycles. The highest BCUT2D eigenvalue weighted by molar-refractivity contribution is 7.10. The first-order valence-corrected chi connectivity index (χ1v) is 6.43. The molecule has 2 aromatic heterocycles. The number of methoxy groups -OCH3 is 1. The van der Waals surface area contributed by atoms with Gasteiger partial charge in [0.05, 0.1) is 7.11 Å². The van der Waals surface area contributed by atoms with E-state index in [1.54, 1.807) is 18.4 Å². The van der Waals surface area contributed by atoms with Crippen molar-refractivity contribution in [3.63, 3.8) is 0 Å². The van der Waals surface area contributed by atoms with Gasteiger partial charge >= 0.3 is 0 Å². The maximum absolute atomic E-state index is 5.02. The largest absolute Gasteiger partial charge is 0.481 e. The zero-order chi connectivity index (χ0) is 12.1. The summed E-state index contributed by atoms with van der Waals surface area (Å²) >= 11 is 1.77. The molecule has 1 atom stereocenters. The fraction of sp³-hybridized carbons (Fsp3) is 0.308. The highest BCUT2D eigenvalue weighted by Gasteiger charge is 2.05. The zero-order valence-corrected chi connectivity index (χ0v) is 10.8. The number of thiophene rings is 1. The molecule has 2 aromatic rings. The van der Waals surface area contributed by atoms with Crippen LogP contribution in [-0.4, -0.2) is 12.1 Å². The van der Waals surface area contributed by atoms with Gasteiger partial charge in [-0.15, -0.1) is 11.3 Å². The molecule has 3 nitrogen and oxygen atoms in total. The van der Waals surface area contributed by atoms with Gasteiger partial charge in [-0.05, 0) is 23.9 Å². The van der Waals surface area contributed by atoms with Crippen LogP contribution in [-0.2, 0) is 6.54 Å². The summed E-state index contributed by atoms with van der Waals surface area (Å²) in [5.74, 6) is 0.653. The van der Waals surface area contributed by atoms with Crippen molar-refractivity contribution in [1.29, 1.82) is 0 Å². The summed E-state index contributed by atoms with van der Waals surface area (Å²) in [4.78, 5) is 5.53. The van der Waals surface area contributed by atoms with Crippen LogP contribution in [0.3, 0.4) is 0 Å². The van der Waals surface area contributed by atoms with Crippen LogP contribution in [0.5, 0.6) is 5.88 Å². The molecule has 17 heavy (non-hydrogen) atoms. The topological polar surface area (TPSA) is 34.1 Å². The summed E-state index contributed by atoms with van der Waals surface area (Å²) in [6, 6.07) is 8.51. The Morgan fingerprint density at radius 2 is 2.29 bits per heavy atom. The van der Waals surface area contributed by atoms with Gasteiger partial charge in [-0.2, -0.15) is 0 Å². The van der Waals surface area contributed by atoms with Gasteiger partial charge in [-0.1, -0.05) is 12.1 Å². The number of ether oxygens (including phenoxy) is 1. The van der Waals surface area contributed by atoms with Crippen LogP contribution in [0.25, 0.3) is 0 Å². The number of rotatable bonds is 5. The standard InChI is InChI=1S/C13H16N2OS/c1-10(12-4-3-7-17-12)14-8-11-5-6-13(16-2)15-9-11/h3-7,9-10,14H,8H2,1-2H3. The van der Waals surface area contributed by atoms with E-state index >= 15 is 0 Å². The molecule has 0 amide bonds.